The molecular formula is MoO2Si. The largest absolute Gasteiger partial charge is 0 e. The predicted octanol–water partition coefficient (Wildman–Crippen LogP) is -0.621. The van der Waals surface area contributed by atoms with Gasteiger partial charge in [0.2, 0.25) is 0 Å². The quantitative estimate of drug-likeness (QED) is 0.438. The standard InChI is InChI=1S/Mo.2O.Si. The van der Waals surface area contributed by atoms with Crippen molar-refractivity contribution < 1.29 is 25.3 Å². The van der Waals surface area contributed by atoms with Crippen LogP contribution in [0.15, 0.2) is 0 Å². The molecule has 4 radical (unpaired) electrons. The van der Waals surface area contributed by atoms with Crippen LogP contribution in [0.3, 0.4) is 0 Å². The average molecular weight is 156 g/mol. The van der Waals surface area contributed by atoms with Crippen molar-refractivity contribution in [3.63, 3.8) is 0 Å². The zero-order chi connectivity index (χ0) is 2.71. The van der Waals surface area contributed by atoms with Gasteiger partial charge in [-0.2, -0.15) is 0 Å². The van der Waals surface area contributed by atoms with Crippen molar-refractivity contribution in [3.8, 4) is 0 Å². The Morgan fingerprint density at radius 1 is 1.25 bits per heavy atom. The van der Waals surface area contributed by atoms with E-state index in [9.17, 15) is 0 Å². The van der Waals surface area contributed by atoms with Crippen molar-refractivity contribution in [2.24, 2.45) is 0 Å². The molecule has 0 rings (SSSR count). The minimum absolute atomic E-state index is 0. The Morgan fingerprint density at radius 2 is 1.25 bits per heavy atom. The first-order chi connectivity index (χ1) is 1.41. The molecule has 0 bridgehead atoms. The van der Waals surface area contributed by atoms with Crippen molar-refractivity contribution in [2.75, 3.05) is 0 Å². The summed E-state index contributed by atoms with van der Waals surface area (Å²) in [4.78, 5) is 0. The van der Waals surface area contributed by atoms with E-state index in [0.717, 1.165) is 0 Å². The molecule has 22 valence electrons. The van der Waals surface area contributed by atoms with Crippen molar-refractivity contribution in [1.82, 2.24) is 0 Å². The fourth-order valence-corrected chi connectivity index (χ4v) is 0. The van der Waals surface area contributed by atoms with Crippen LogP contribution in [0.1, 0.15) is 0 Å². The molecule has 0 aliphatic carbocycles. The molecule has 0 aromatic heterocycles. The zero-order valence-corrected chi connectivity index (χ0v) is 4.73. The number of hydrogen-bond acceptors (Lipinski definition) is 2. The van der Waals surface area contributed by atoms with Crippen LogP contribution in [-0.4, -0.2) is 11.0 Å². The first-order valence-electron chi connectivity index (χ1n) is 0.333. The minimum atomic E-state index is -2.03. The molecule has 0 saturated carbocycles. The molecule has 0 spiro atoms. The van der Waals surface area contributed by atoms with Crippen LogP contribution >= 0.6 is 0 Å². The fraction of sp³-hybridized carbons (Fsp3) is 0. The Bertz CT molecular complexity index is 27.0. The SMILES string of the molecule is [O]=[Mo]=[O].[Si]. The zero-order valence-electron chi connectivity index (χ0n) is 1.72. The second kappa shape index (κ2) is 9.71. The van der Waals surface area contributed by atoms with E-state index in [2.05, 4.69) is 0 Å². The molecule has 4 heteroatoms. The van der Waals surface area contributed by atoms with Crippen LogP contribution in [0.5, 0.6) is 0 Å². The fourth-order valence-electron chi connectivity index (χ4n) is 0. The maximum absolute atomic E-state index is 8.50. The van der Waals surface area contributed by atoms with E-state index in [1.165, 1.54) is 0 Å². The summed E-state index contributed by atoms with van der Waals surface area (Å²) >= 11 is -2.03. The first kappa shape index (κ1) is 8.82. The summed E-state index contributed by atoms with van der Waals surface area (Å²) in [5.74, 6) is 0. The molecule has 0 N–H and O–H groups in total. The van der Waals surface area contributed by atoms with Crippen LogP contribution in [0.25, 0.3) is 0 Å². The maximum Gasteiger partial charge on any atom is 0 e. The Kier molecular flexibility index (Phi) is 21.4. The number of rotatable bonds is 0. The third-order valence-corrected chi connectivity index (χ3v) is 0. The second-order valence-electron chi connectivity index (χ2n) is 0.0680. The van der Waals surface area contributed by atoms with Crippen molar-refractivity contribution >= 4 is 11.0 Å². The van der Waals surface area contributed by atoms with E-state index >= 15 is 0 Å². The van der Waals surface area contributed by atoms with E-state index < -0.39 is 18.5 Å². The van der Waals surface area contributed by atoms with Gasteiger partial charge in [0.1, 0.15) is 0 Å². The molecular weight excluding hydrogens is 156 g/mol. The molecule has 0 saturated heterocycles. The van der Waals surface area contributed by atoms with E-state index in [4.69, 9.17) is 6.80 Å². The molecule has 0 aliphatic rings. The topological polar surface area (TPSA) is 34.1 Å². The second-order valence-corrected chi connectivity index (χ2v) is 0.403. The molecule has 0 aromatic carbocycles. The van der Waals surface area contributed by atoms with Gasteiger partial charge in [-0.05, 0) is 0 Å². The molecule has 0 fully saturated rings. The van der Waals surface area contributed by atoms with Gasteiger partial charge in [0.05, 0.1) is 0 Å². The van der Waals surface area contributed by atoms with E-state index in [0.29, 0.717) is 0 Å². The number of hydrogen-bond donors (Lipinski definition) is 0. The van der Waals surface area contributed by atoms with Gasteiger partial charge in [-0.1, -0.05) is 0 Å². The first-order valence-corrected chi connectivity index (χ1v) is 1.97. The van der Waals surface area contributed by atoms with Gasteiger partial charge in [-0.3, -0.25) is 0 Å². The average Bonchev–Trinajstić information content (AvgIpc) is 0.918. The van der Waals surface area contributed by atoms with Gasteiger partial charge >= 0.3 is 25.3 Å². The summed E-state index contributed by atoms with van der Waals surface area (Å²) in [6, 6.07) is 0. The molecule has 0 aromatic rings. The third-order valence-electron chi connectivity index (χ3n) is 0. The van der Waals surface area contributed by atoms with E-state index in [1.54, 1.807) is 0 Å². The molecule has 0 atom stereocenters. The van der Waals surface area contributed by atoms with Crippen LogP contribution in [0.2, 0.25) is 0 Å². The minimum Gasteiger partial charge on any atom is 0 e. The molecule has 0 aliphatic heterocycles. The Balaban J connectivity index is 0. The maximum atomic E-state index is 8.50. The Labute approximate surface area is 36.8 Å². The summed E-state index contributed by atoms with van der Waals surface area (Å²) in [6.07, 6.45) is 0. The predicted molar refractivity (Wildman–Crippen MR) is 7.13 cm³/mol. The molecule has 0 unspecified atom stereocenters. The normalized spacial score (nSPS) is 3.00. The van der Waals surface area contributed by atoms with Crippen LogP contribution in [0, 0.1) is 0 Å². The van der Waals surface area contributed by atoms with Gasteiger partial charge < -0.3 is 0 Å². The van der Waals surface area contributed by atoms with Crippen molar-refractivity contribution in [3.05, 3.63) is 0 Å². The van der Waals surface area contributed by atoms with Gasteiger partial charge in [0.25, 0.3) is 0 Å². The van der Waals surface area contributed by atoms with Gasteiger partial charge in [-0.25, -0.2) is 0 Å². The monoisotopic (exact) mass is 158 g/mol. The van der Waals surface area contributed by atoms with Crippen LogP contribution in [0.4, 0.5) is 0 Å². The molecule has 4 heavy (non-hydrogen) atoms. The third kappa shape index (κ3) is 22.2. The molecule has 0 heterocycles. The van der Waals surface area contributed by atoms with Crippen molar-refractivity contribution in [2.45, 2.75) is 0 Å². The summed E-state index contributed by atoms with van der Waals surface area (Å²) < 4.78 is 17.0. The summed E-state index contributed by atoms with van der Waals surface area (Å²) in [5.41, 5.74) is 0. The van der Waals surface area contributed by atoms with Gasteiger partial charge in [0.15, 0.2) is 0 Å². The smallest absolute Gasteiger partial charge is 0 e. The Hall–Kier alpha value is 0.505. The van der Waals surface area contributed by atoms with E-state index in [-0.39, 0.29) is 11.0 Å². The van der Waals surface area contributed by atoms with Gasteiger partial charge in [0, 0.05) is 11.0 Å². The summed E-state index contributed by atoms with van der Waals surface area (Å²) in [7, 11) is 0. The van der Waals surface area contributed by atoms with Gasteiger partial charge in [-0.15, -0.1) is 0 Å². The summed E-state index contributed by atoms with van der Waals surface area (Å²) in [5, 5.41) is 0. The van der Waals surface area contributed by atoms with E-state index in [1.807, 2.05) is 0 Å². The van der Waals surface area contributed by atoms with Crippen LogP contribution in [-0.2, 0) is 25.3 Å². The Morgan fingerprint density at radius 3 is 1.25 bits per heavy atom. The molecule has 0 amide bonds. The molecule has 2 nitrogen and oxygen atoms in total. The van der Waals surface area contributed by atoms with Crippen molar-refractivity contribution in [1.29, 1.82) is 0 Å². The van der Waals surface area contributed by atoms with Crippen LogP contribution < -0.4 is 0 Å². The summed E-state index contributed by atoms with van der Waals surface area (Å²) in [6.45, 7) is 0.